The fourth-order valence-corrected chi connectivity index (χ4v) is 4.80. The molecule has 1 aromatic heterocycles. The SMILES string of the molecule is COc1cccc(C2(C(=O)NCc3cccs3)CC3CCC(=O)N3C2)c1. The number of hydrogen-bond acceptors (Lipinski definition) is 4. The van der Waals surface area contributed by atoms with Crippen LogP contribution < -0.4 is 10.1 Å². The van der Waals surface area contributed by atoms with Crippen molar-refractivity contribution in [3.05, 3.63) is 52.2 Å². The highest BCUT2D eigenvalue weighted by Crippen LogP contribution is 2.43. The minimum atomic E-state index is -0.716. The maximum Gasteiger partial charge on any atom is 0.232 e. The molecule has 2 aromatic rings. The fourth-order valence-electron chi connectivity index (χ4n) is 4.16. The summed E-state index contributed by atoms with van der Waals surface area (Å²) < 4.78 is 5.36. The minimum Gasteiger partial charge on any atom is -0.497 e. The average Bonchev–Trinajstić information content (AvgIpc) is 3.38. The van der Waals surface area contributed by atoms with Crippen LogP contribution >= 0.6 is 11.3 Å². The molecular weight excluding hydrogens is 348 g/mol. The summed E-state index contributed by atoms with van der Waals surface area (Å²) in [6.07, 6.45) is 2.10. The molecule has 26 heavy (non-hydrogen) atoms. The van der Waals surface area contributed by atoms with Crippen molar-refractivity contribution in [1.29, 1.82) is 0 Å². The summed E-state index contributed by atoms with van der Waals surface area (Å²) in [7, 11) is 1.62. The number of methoxy groups -OCH3 is 1. The van der Waals surface area contributed by atoms with Crippen LogP contribution in [0.25, 0.3) is 0 Å². The molecule has 3 heterocycles. The van der Waals surface area contributed by atoms with Gasteiger partial charge in [0.05, 0.1) is 19.1 Å². The second kappa shape index (κ2) is 6.76. The molecule has 4 rings (SSSR count). The molecule has 0 spiro atoms. The number of rotatable bonds is 5. The van der Waals surface area contributed by atoms with E-state index in [2.05, 4.69) is 5.32 Å². The van der Waals surface area contributed by atoms with Gasteiger partial charge in [0.15, 0.2) is 0 Å². The first-order valence-corrected chi connectivity index (χ1v) is 9.75. The van der Waals surface area contributed by atoms with Gasteiger partial charge in [-0.1, -0.05) is 18.2 Å². The Bertz CT molecular complexity index is 820. The number of amides is 2. The van der Waals surface area contributed by atoms with Gasteiger partial charge in [-0.2, -0.15) is 0 Å². The summed E-state index contributed by atoms with van der Waals surface area (Å²) in [6.45, 7) is 0.959. The maximum atomic E-state index is 13.3. The summed E-state index contributed by atoms with van der Waals surface area (Å²) in [5, 5.41) is 5.10. The third kappa shape index (κ3) is 2.88. The standard InChI is InChI=1S/C20H22N2O3S/c1-25-16-5-2-4-14(10-16)20(11-15-7-8-18(23)22(15)13-20)19(24)21-12-17-6-3-9-26-17/h2-6,9-10,15H,7-8,11-13H2,1H3,(H,21,24). The Morgan fingerprint density at radius 1 is 1.38 bits per heavy atom. The molecule has 0 bridgehead atoms. The number of thiophene rings is 1. The van der Waals surface area contributed by atoms with Gasteiger partial charge < -0.3 is 15.0 Å². The quantitative estimate of drug-likeness (QED) is 0.880. The van der Waals surface area contributed by atoms with Crippen molar-refractivity contribution in [2.24, 2.45) is 0 Å². The predicted molar refractivity (Wildman–Crippen MR) is 100 cm³/mol. The highest BCUT2D eigenvalue weighted by Gasteiger charge is 2.53. The fraction of sp³-hybridized carbons (Fsp3) is 0.400. The first-order valence-electron chi connectivity index (χ1n) is 8.87. The number of benzene rings is 1. The molecule has 2 saturated heterocycles. The Kier molecular flexibility index (Phi) is 4.44. The maximum absolute atomic E-state index is 13.3. The number of fused-ring (bicyclic) bond motifs is 1. The zero-order valence-corrected chi connectivity index (χ0v) is 15.6. The van der Waals surface area contributed by atoms with E-state index in [1.807, 2.05) is 46.7 Å². The highest BCUT2D eigenvalue weighted by atomic mass is 32.1. The summed E-state index contributed by atoms with van der Waals surface area (Å²) in [5.41, 5.74) is 0.203. The van der Waals surface area contributed by atoms with Gasteiger partial charge in [-0.3, -0.25) is 9.59 Å². The molecule has 2 unspecified atom stereocenters. The molecule has 0 saturated carbocycles. The monoisotopic (exact) mass is 370 g/mol. The number of nitrogens with zero attached hydrogens (tertiary/aromatic N) is 1. The molecule has 1 aromatic carbocycles. The van der Waals surface area contributed by atoms with E-state index in [0.717, 1.165) is 22.6 Å². The molecule has 2 aliphatic rings. The van der Waals surface area contributed by atoms with Gasteiger partial charge in [-0.05, 0) is 42.0 Å². The Morgan fingerprint density at radius 2 is 2.27 bits per heavy atom. The first kappa shape index (κ1) is 17.1. The van der Waals surface area contributed by atoms with Gasteiger partial charge in [0.2, 0.25) is 11.8 Å². The van der Waals surface area contributed by atoms with Crippen LogP contribution in [-0.4, -0.2) is 36.4 Å². The van der Waals surface area contributed by atoms with Crippen molar-refractivity contribution in [2.45, 2.75) is 37.3 Å². The Labute approximate surface area is 157 Å². The second-order valence-electron chi connectivity index (χ2n) is 6.99. The van der Waals surface area contributed by atoms with Gasteiger partial charge >= 0.3 is 0 Å². The van der Waals surface area contributed by atoms with Crippen LogP contribution in [0.1, 0.15) is 29.7 Å². The predicted octanol–water partition coefficient (Wildman–Crippen LogP) is 2.71. The van der Waals surface area contributed by atoms with Crippen LogP contribution in [0.2, 0.25) is 0 Å². The lowest BCUT2D eigenvalue weighted by molar-refractivity contribution is -0.129. The number of ether oxygens (including phenoxy) is 1. The van der Waals surface area contributed by atoms with E-state index < -0.39 is 5.41 Å². The first-order chi connectivity index (χ1) is 12.6. The summed E-state index contributed by atoms with van der Waals surface area (Å²) in [6, 6.07) is 11.8. The number of nitrogens with one attached hydrogen (secondary N) is 1. The lowest BCUT2D eigenvalue weighted by Crippen LogP contribution is -2.46. The van der Waals surface area contributed by atoms with Crippen molar-refractivity contribution in [3.63, 3.8) is 0 Å². The molecule has 0 aliphatic carbocycles. The van der Waals surface area contributed by atoms with Crippen LogP contribution in [0.3, 0.4) is 0 Å². The van der Waals surface area contributed by atoms with Gasteiger partial charge in [0.1, 0.15) is 5.75 Å². The van der Waals surface area contributed by atoms with Gasteiger partial charge in [-0.25, -0.2) is 0 Å². The molecule has 6 heteroatoms. The Hall–Kier alpha value is -2.34. The molecular formula is C20H22N2O3S. The van der Waals surface area contributed by atoms with Crippen LogP contribution in [0.15, 0.2) is 41.8 Å². The van der Waals surface area contributed by atoms with E-state index in [9.17, 15) is 9.59 Å². The Morgan fingerprint density at radius 3 is 3.00 bits per heavy atom. The normalized spacial score (nSPS) is 24.6. The van der Waals surface area contributed by atoms with Crippen molar-refractivity contribution in [1.82, 2.24) is 10.2 Å². The van der Waals surface area contributed by atoms with Gasteiger partial charge in [0.25, 0.3) is 0 Å². The average molecular weight is 370 g/mol. The molecule has 2 amide bonds. The van der Waals surface area contributed by atoms with Crippen molar-refractivity contribution in [2.75, 3.05) is 13.7 Å². The molecule has 1 N–H and O–H groups in total. The van der Waals surface area contributed by atoms with E-state index in [4.69, 9.17) is 4.74 Å². The number of hydrogen-bond donors (Lipinski definition) is 1. The van der Waals surface area contributed by atoms with E-state index in [-0.39, 0.29) is 17.9 Å². The summed E-state index contributed by atoms with van der Waals surface area (Å²) >= 11 is 1.63. The molecule has 0 radical (unpaired) electrons. The van der Waals surface area contributed by atoms with Crippen molar-refractivity contribution in [3.8, 4) is 5.75 Å². The molecule has 2 atom stereocenters. The third-order valence-corrected chi connectivity index (χ3v) is 6.41. The lowest BCUT2D eigenvalue weighted by atomic mass is 9.76. The molecule has 136 valence electrons. The number of carbonyl (C=O) groups is 2. The van der Waals surface area contributed by atoms with E-state index >= 15 is 0 Å². The van der Waals surface area contributed by atoms with E-state index in [0.29, 0.717) is 25.9 Å². The topological polar surface area (TPSA) is 58.6 Å². The molecule has 2 fully saturated rings. The minimum absolute atomic E-state index is 0.0126. The van der Waals surface area contributed by atoms with Crippen LogP contribution in [0.5, 0.6) is 5.75 Å². The lowest BCUT2D eigenvalue weighted by Gasteiger charge is -2.29. The van der Waals surface area contributed by atoms with Gasteiger partial charge in [0, 0.05) is 23.9 Å². The molecule has 5 nitrogen and oxygen atoms in total. The summed E-state index contributed by atoms with van der Waals surface area (Å²) in [4.78, 5) is 28.6. The smallest absolute Gasteiger partial charge is 0.232 e. The van der Waals surface area contributed by atoms with Gasteiger partial charge in [-0.15, -0.1) is 11.3 Å². The van der Waals surface area contributed by atoms with Crippen LogP contribution in [-0.2, 0) is 21.5 Å². The van der Waals surface area contributed by atoms with Crippen molar-refractivity contribution >= 4 is 23.2 Å². The van der Waals surface area contributed by atoms with Crippen molar-refractivity contribution < 1.29 is 14.3 Å². The molecule has 2 aliphatic heterocycles. The van der Waals surface area contributed by atoms with Crippen LogP contribution in [0.4, 0.5) is 0 Å². The van der Waals surface area contributed by atoms with E-state index in [1.54, 1.807) is 18.4 Å². The van der Waals surface area contributed by atoms with Crippen LogP contribution in [0, 0.1) is 0 Å². The zero-order valence-electron chi connectivity index (χ0n) is 14.7. The zero-order chi connectivity index (χ0) is 18.1. The van der Waals surface area contributed by atoms with E-state index in [1.165, 1.54) is 0 Å². The highest BCUT2D eigenvalue weighted by molar-refractivity contribution is 7.09. The second-order valence-corrected chi connectivity index (χ2v) is 8.03. The summed E-state index contributed by atoms with van der Waals surface area (Å²) in [5.74, 6) is 0.874. The third-order valence-electron chi connectivity index (χ3n) is 5.54. The Balaban J connectivity index is 1.65. The number of carbonyl (C=O) groups excluding carboxylic acids is 2. The largest absolute Gasteiger partial charge is 0.497 e.